The van der Waals surface area contributed by atoms with Crippen molar-refractivity contribution in [2.45, 2.75) is 52.2 Å². The minimum absolute atomic E-state index is 0.0676. The van der Waals surface area contributed by atoms with Crippen molar-refractivity contribution in [3.63, 3.8) is 0 Å². The number of rotatable bonds is 5. The van der Waals surface area contributed by atoms with Crippen molar-refractivity contribution >= 4 is 5.82 Å². The summed E-state index contributed by atoms with van der Waals surface area (Å²) in [5.74, 6) is 0.915. The number of aliphatic hydroxyl groups excluding tert-OH is 1. The van der Waals surface area contributed by atoms with Crippen molar-refractivity contribution in [1.29, 1.82) is 0 Å². The van der Waals surface area contributed by atoms with Gasteiger partial charge in [0, 0.05) is 30.9 Å². The Morgan fingerprint density at radius 2 is 1.89 bits per heavy atom. The maximum Gasteiger partial charge on any atom is 0.133 e. The summed E-state index contributed by atoms with van der Waals surface area (Å²) in [5, 5.41) is 13.0. The zero-order valence-corrected chi connectivity index (χ0v) is 13.0. The van der Waals surface area contributed by atoms with Crippen molar-refractivity contribution in [3.8, 4) is 0 Å². The third-order valence-corrected chi connectivity index (χ3v) is 3.29. The number of nitrogens with zero attached hydrogens (tertiary/aromatic N) is 2. The molecule has 4 heteroatoms. The van der Waals surface area contributed by atoms with Gasteiger partial charge < -0.3 is 15.3 Å². The Morgan fingerprint density at radius 1 is 1.26 bits per heavy atom. The second kappa shape index (κ2) is 5.88. The molecule has 2 N–H and O–H groups in total. The highest BCUT2D eigenvalue weighted by molar-refractivity contribution is 5.48. The number of aliphatic hydroxyl groups is 1. The van der Waals surface area contributed by atoms with Gasteiger partial charge in [0.25, 0.3) is 0 Å². The molecule has 0 saturated heterocycles. The van der Waals surface area contributed by atoms with Gasteiger partial charge in [-0.1, -0.05) is 6.07 Å². The van der Waals surface area contributed by atoms with Gasteiger partial charge in [0.15, 0.2) is 0 Å². The Morgan fingerprint density at radius 3 is 2.42 bits per heavy atom. The maximum atomic E-state index is 9.49. The Labute approximate surface area is 116 Å². The van der Waals surface area contributed by atoms with E-state index in [1.165, 1.54) is 0 Å². The molecule has 0 unspecified atom stereocenters. The molecule has 4 nitrogen and oxygen atoms in total. The van der Waals surface area contributed by atoms with E-state index < -0.39 is 0 Å². The normalized spacial score (nSPS) is 12.6. The largest absolute Gasteiger partial charge is 0.394 e. The quantitative estimate of drug-likeness (QED) is 0.856. The summed E-state index contributed by atoms with van der Waals surface area (Å²) in [6.45, 7) is 11.3. The summed E-state index contributed by atoms with van der Waals surface area (Å²) in [6.07, 6.45) is 1.79. The summed E-state index contributed by atoms with van der Waals surface area (Å²) in [6, 6.07) is 4.02. The topological polar surface area (TPSA) is 48.4 Å². The first-order valence-electron chi connectivity index (χ1n) is 6.71. The van der Waals surface area contributed by atoms with E-state index in [-0.39, 0.29) is 17.7 Å². The first-order valence-corrected chi connectivity index (χ1v) is 6.71. The van der Waals surface area contributed by atoms with Crippen molar-refractivity contribution < 1.29 is 5.11 Å². The summed E-state index contributed by atoms with van der Waals surface area (Å²) in [4.78, 5) is 6.50. The molecule has 0 bridgehead atoms. The van der Waals surface area contributed by atoms with E-state index in [1.807, 2.05) is 31.9 Å². The molecule has 0 radical (unpaired) electrons. The summed E-state index contributed by atoms with van der Waals surface area (Å²) in [5.41, 5.74) is 0.879. The van der Waals surface area contributed by atoms with E-state index >= 15 is 0 Å². The predicted octanol–water partition coefficient (Wildman–Crippen LogP) is 2.18. The molecule has 0 aliphatic carbocycles. The van der Waals surface area contributed by atoms with Gasteiger partial charge in [0.2, 0.25) is 0 Å². The molecule has 1 heterocycles. The summed E-state index contributed by atoms with van der Waals surface area (Å²) >= 11 is 0. The van der Waals surface area contributed by atoms with Crippen LogP contribution in [0.1, 0.15) is 40.2 Å². The highest BCUT2D eigenvalue weighted by Crippen LogP contribution is 2.23. The molecule has 0 aromatic carbocycles. The van der Waals surface area contributed by atoms with Gasteiger partial charge in [0.05, 0.1) is 12.1 Å². The van der Waals surface area contributed by atoms with Crippen molar-refractivity contribution in [1.82, 2.24) is 10.3 Å². The Balaban J connectivity index is 2.96. The molecule has 1 aromatic heterocycles. The van der Waals surface area contributed by atoms with Crippen LogP contribution in [-0.2, 0) is 6.54 Å². The monoisotopic (exact) mass is 265 g/mol. The van der Waals surface area contributed by atoms with Gasteiger partial charge in [0.1, 0.15) is 5.82 Å². The molecule has 0 atom stereocenters. The molecule has 108 valence electrons. The fourth-order valence-corrected chi connectivity index (χ4v) is 1.62. The van der Waals surface area contributed by atoms with Gasteiger partial charge >= 0.3 is 0 Å². The molecular formula is C15H27N3O. The van der Waals surface area contributed by atoms with Gasteiger partial charge in [-0.25, -0.2) is 4.98 Å². The minimum atomic E-state index is -0.329. The van der Waals surface area contributed by atoms with Gasteiger partial charge in [-0.15, -0.1) is 0 Å². The summed E-state index contributed by atoms with van der Waals surface area (Å²) < 4.78 is 0. The van der Waals surface area contributed by atoms with Crippen LogP contribution in [0.2, 0.25) is 0 Å². The zero-order chi connectivity index (χ0) is 14.7. The maximum absolute atomic E-state index is 9.49. The van der Waals surface area contributed by atoms with Gasteiger partial charge in [-0.2, -0.15) is 0 Å². The molecule has 0 spiro atoms. The van der Waals surface area contributed by atoms with E-state index in [4.69, 9.17) is 0 Å². The average molecular weight is 265 g/mol. The van der Waals surface area contributed by atoms with Crippen LogP contribution in [0.15, 0.2) is 18.3 Å². The number of aromatic nitrogens is 1. The number of hydrogen-bond acceptors (Lipinski definition) is 4. The Bertz CT molecular complexity index is 410. The van der Waals surface area contributed by atoms with Crippen LogP contribution in [0, 0.1) is 0 Å². The molecule has 19 heavy (non-hydrogen) atoms. The van der Waals surface area contributed by atoms with Crippen LogP contribution in [0.4, 0.5) is 5.82 Å². The van der Waals surface area contributed by atoms with E-state index in [0.29, 0.717) is 0 Å². The standard InChI is InChI=1S/C15H27N3O/c1-14(2,3)17-10-12-8-7-9-16-13(12)18(6)15(4,5)11-19/h7-9,17,19H,10-11H2,1-6H3. The van der Waals surface area contributed by atoms with Crippen molar-refractivity contribution in [2.75, 3.05) is 18.6 Å². The molecule has 0 amide bonds. The minimum Gasteiger partial charge on any atom is -0.394 e. The molecule has 0 aliphatic rings. The lowest BCUT2D eigenvalue weighted by Crippen LogP contribution is -2.45. The lowest BCUT2D eigenvalue weighted by molar-refractivity contribution is 0.215. The number of nitrogens with one attached hydrogen (secondary N) is 1. The number of anilines is 1. The first kappa shape index (κ1) is 15.9. The lowest BCUT2D eigenvalue weighted by atomic mass is 10.0. The van der Waals surface area contributed by atoms with E-state index in [0.717, 1.165) is 17.9 Å². The zero-order valence-electron chi connectivity index (χ0n) is 13.0. The van der Waals surface area contributed by atoms with Crippen molar-refractivity contribution in [2.24, 2.45) is 0 Å². The predicted molar refractivity (Wildman–Crippen MR) is 80.4 cm³/mol. The van der Waals surface area contributed by atoms with Crippen LogP contribution in [-0.4, -0.2) is 34.8 Å². The first-order chi connectivity index (χ1) is 8.67. The van der Waals surface area contributed by atoms with Crippen LogP contribution in [0.5, 0.6) is 0 Å². The van der Waals surface area contributed by atoms with E-state index in [2.05, 4.69) is 37.1 Å². The molecule has 1 rings (SSSR count). The highest BCUT2D eigenvalue weighted by atomic mass is 16.3. The second-order valence-corrected chi connectivity index (χ2v) is 6.62. The molecule has 0 fully saturated rings. The average Bonchev–Trinajstić information content (AvgIpc) is 2.35. The second-order valence-electron chi connectivity index (χ2n) is 6.62. The lowest BCUT2D eigenvalue weighted by Gasteiger charge is -2.36. The third kappa shape index (κ3) is 4.48. The fourth-order valence-electron chi connectivity index (χ4n) is 1.62. The van der Waals surface area contributed by atoms with Crippen LogP contribution < -0.4 is 10.2 Å². The Hall–Kier alpha value is -1.13. The number of likely N-dealkylation sites (N-methyl/N-ethyl adjacent to an activating group) is 1. The number of hydrogen-bond donors (Lipinski definition) is 2. The smallest absolute Gasteiger partial charge is 0.133 e. The molecular weight excluding hydrogens is 238 g/mol. The fraction of sp³-hybridized carbons (Fsp3) is 0.667. The van der Waals surface area contributed by atoms with E-state index in [9.17, 15) is 5.11 Å². The highest BCUT2D eigenvalue weighted by Gasteiger charge is 2.25. The van der Waals surface area contributed by atoms with Crippen molar-refractivity contribution in [3.05, 3.63) is 23.9 Å². The van der Waals surface area contributed by atoms with Crippen LogP contribution >= 0.6 is 0 Å². The van der Waals surface area contributed by atoms with Crippen LogP contribution in [0.3, 0.4) is 0 Å². The third-order valence-electron chi connectivity index (χ3n) is 3.29. The SMILES string of the molecule is CN(c1ncccc1CNC(C)(C)C)C(C)(C)CO. The van der Waals surface area contributed by atoms with Crippen LogP contribution in [0.25, 0.3) is 0 Å². The van der Waals surface area contributed by atoms with Gasteiger partial charge in [-0.3, -0.25) is 0 Å². The summed E-state index contributed by atoms with van der Waals surface area (Å²) in [7, 11) is 1.97. The molecule has 0 aliphatic heterocycles. The number of pyridine rings is 1. The Kier molecular flexibility index (Phi) is 4.93. The van der Waals surface area contributed by atoms with Gasteiger partial charge in [-0.05, 0) is 40.7 Å². The molecule has 1 aromatic rings. The van der Waals surface area contributed by atoms with E-state index in [1.54, 1.807) is 6.20 Å². The molecule has 0 saturated carbocycles.